The minimum absolute atomic E-state index is 0.00459. The van der Waals surface area contributed by atoms with E-state index < -0.39 is 53.5 Å². The Kier molecular flexibility index (Phi) is 14.7. The first-order valence-corrected chi connectivity index (χ1v) is 21.1. The second-order valence-corrected chi connectivity index (χ2v) is 18.1. The fourth-order valence-corrected chi connectivity index (χ4v) is 11.1. The van der Waals surface area contributed by atoms with Crippen LogP contribution >= 0.6 is 0 Å². The van der Waals surface area contributed by atoms with Gasteiger partial charge < -0.3 is 40.1 Å². The standard InChI is InChI=1S/C44H66N4O10/c1-26-8-15-38(52)47(27(2)41(55)57-6)24-36(50)45-22-29-9-11-30(12-10-29)23-46-37(51)25-48(28(3)42(56)58-7)39(53)21-31-20-32(49)16-18-43(31,4)35-17-19-44(5)33(26)13-14-34(44)40(35)54/h9-12,26-28,31-35,40,49,54H,8,13-25H2,1-7H3,(H,45,50)(H,46,51)/t26-,27+,28+,31+,32-,33-,34+,35+,40+,43+,44-/m1/s1. The first-order chi connectivity index (χ1) is 27.4. The van der Waals surface area contributed by atoms with Gasteiger partial charge in [0.1, 0.15) is 25.2 Å². The zero-order chi connectivity index (χ0) is 42.5. The van der Waals surface area contributed by atoms with E-state index in [-0.39, 0.29) is 85.8 Å². The predicted octanol–water partition coefficient (Wildman–Crippen LogP) is 3.49. The smallest absolute Gasteiger partial charge is 0.328 e. The van der Waals surface area contributed by atoms with E-state index in [1.165, 1.54) is 24.0 Å². The molecule has 322 valence electrons. The molecule has 11 atom stereocenters. The molecule has 6 bridgehead atoms. The third-order valence-electron chi connectivity index (χ3n) is 14.9. The third kappa shape index (κ3) is 9.70. The lowest BCUT2D eigenvalue weighted by Crippen LogP contribution is -2.55. The van der Waals surface area contributed by atoms with E-state index in [1.807, 2.05) is 0 Å². The number of benzene rings is 1. The van der Waals surface area contributed by atoms with Crippen LogP contribution in [-0.2, 0) is 51.3 Å². The molecule has 1 aromatic rings. The highest BCUT2D eigenvalue weighted by Crippen LogP contribution is 2.63. The third-order valence-corrected chi connectivity index (χ3v) is 14.9. The highest BCUT2D eigenvalue weighted by molar-refractivity contribution is 5.90. The van der Waals surface area contributed by atoms with E-state index in [0.29, 0.717) is 25.7 Å². The minimum Gasteiger partial charge on any atom is -0.467 e. The quantitative estimate of drug-likeness (QED) is 0.328. The van der Waals surface area contributed by atoms with Crippen molar-refractivity contribution in [3.05, 3.63) is 35.4 Å². The van der Waals surface area contributed by atoms with Gasteiger partial charge in [-0.2, -0.15) is 0 Å². The number of aliphatic hydroxyl groups excluding tert-OH is 2. The summed E-state index contributed by atoms with van der Waals surface area (Å²) in [6.45, 7) is 9.30. The fraction of sp³-hybridized carbons (Fsp3) is 0.727. The van der Waals surface area contributed by atoms with Gasteiger partial charge in [0.25, 0.3) is 0 Å². The van der Waals surface area contributed by atoms with Crippen molar-refractivity contribution in [2.45, 2.75) is 136 Å². The van der Waals surface area contributed by atoms with E-state index in [2.05, 4.69) is 31.4 Å². The molecule has 3 saturated carbocycles. The first kappa shape index (κ1) is 45.1. The average Bonchev–Trinajstić information content (AvgIpc) is 3.57. The number of aliphatic hydroxyl groups is 2. The molecule has 4 heterocycles. The molecule has 58 heavy (non-hydrogen) atoms. The molecule has 7 aliphatic rings. The van der Waals surface area contributed by atoms with Crippen LogP contribution in [0.3, 0.4) is 0 Å². The molecule has 14 nitrogen and oxygen atoms in total. The Morgan fingerprint density at radius 3 is 1.74 bits per heavy atom. The molecule has 1 aromatic carbocycles. The van der Waals surface area contributed by atoms with Crippen LogP contribution in [-0.4, -0.2) is 107 Å². The largest absolute Gasteiger partial charge is 0.467 e. The number of carbonyl (C=O) groups excluding carboxylic acids is 6. The van der Waals surface area contributed by atoms with Gasteiger partial charge in [0, 0.05) is 25.9 Å². The molecule has 0 radical (unpaired) electrons. The second kappa shape index (κ2) is 18.9. The second-order valence-electron chi connectivity index (χ2n) is 18.1. The van der Waals surface area contributed by atoms with E-state index in [4.69, 9.17) is 9.47 Å². The van der Waals surface area contributed by atoms with Gasteiger partial charge in [0.2, 0.25) is 23.6 Å². The van der Waals surface area contributed by atoms with Gasteiger partial charge in [-0.1, -0.05) is 45.0 Å². The zero-order valence-corrected chi connectivity index (χ0v) is 35.5. The Morgan fingerprint density at radius 1 is 0.724 bits per heavy atom. The Balaban J connectivity index is 1.45. The number of methoxy groups -OCH3 is 2. The van der Waals surface area contributed by atoms with Crippen LogP contribution in [0.2, 0.25) is 0 Å². The van der Waals surface area contributed by atoms with Crippen molar-refractivity contribution in [3.63, 3.8) is 0 Å². The lowest BCUT2D eigenvalue weighted by molar-refractivity contribution is -0.157. The first-order valence-electron chi connectivity index (χ1n) is 21.1. The summed E-state index contributed by atoms with van der Waals surface area (Å²) in [6.07, 6.45) is 4.33. The van der Waals surface area contributed by atoms with Crippen molar-refractivity contribution in [3.8, 4) is 0 Å². The summed E-state index contributed by atoms with van der Waals surface area (Å²) in [5.74, 6) is -2.89. The number of hydrogen-bond acceptors (Lipinski definition) is 10. The van der Waals surface area contributed by atoms with Crippen LogP contribution in [0.4, 0.5) is 0 Å². The Bertz CT molecular complexity index is 1670. The van der Waals surface area contributed by atoms with Crippen molar-refractivity contribution in [1.82, 2.24) is 20.4 Å². The van der Waals surface area contributed by atoms with Gasteiger partial charge in [0.05, 0.1) is 26.4 Å². The Hall–Kier alpha value is -4.04. The molecule has 4 aliphatic heterocycles. The summed E-state index contributed by atoms with van der Waals surface area (Å²) in [6, 6.07) is 5.22. The molecule has 0 aromatic heterocycles. The van der Waals surface area contributed by atoms with E-state index in [1.54, 1.807) is 38.1 Å². The lowest BCUT2D eigenvalue weighted by Gasteiger charge is -2.56. The maximum absolute atomic E-state index is 14.3. The van der Waals surface area contributed by atoms with Crippen molar-refractivity contribution in [1.29, 1.82) is 0 Å². The molecule has 14 heteroatoms. The molecule has 4 N–H and O–H groups in total. The zero-order valence-electron chi connectivity index (χ0n) is 35.5. The van der Waals surface area contributed by atoms with Crippen molar-refractivity contribution < 1.29 is 48.5 Å². The maximum Gasteiger partial charge on any atom is 0.328 e. The van der Waals surface area contributed by atoms with E-state index >= 15 is 0 Å². The molecule has 0 saturated heterocycles. The van der Waals surface area contributed by atoms with Crippen molar-refractivity contribution >= 4 is 35.6 Å². The topological polar surface area (TPSA) is 192 Å². The number of esters is 2. The molecule has 8 rings (SSSR count). The summed E-state index contributed by atoms with van der Waals surface area (Å²) in [5.41, 5.74) is 0.866. The summed E-state index contributed by atoms with van der Waals surface area (Å²) in [5, 5.41) is 29.0. The molecule has 4 amide bonds. The van der Waals surface area contributed by atoms with Crippen molar-refractivity contribution in [2.75, 3.05) is 27.3 Å². The van der Waals surface area contributed by atoms with Gasteiger partial charge in [-0.15, -0.1) is 0 Å². The monoisotopic (exact) mass is 810 g/mol. The summed E-state index contributed by atoms with van der Waals surface area (Å²) < 4.78 is 9.94. The van der Waals surface area contributed by atoms with Crippen molar-refractivity contribution in [2.24, 2.45) is 40.4 Å². The number of nitrogens with zero attached hydrogens (tertiary/aromatic N) is 2. The molecule has 3 aliphatic carbocycles. The van der Waals surface area contributed by atoms with Gasteiger partial charge in [-0.3, -0.25) is 19.2 Å². The van der Waals surface area contributed by atoms with E-state index in [9.17, 15) is 39.0 Å². The van der Waals surface area contributed by atoms with Gasteiger partial charge in [-0.05, 0) is 117 Å². The number of ether oxygens (including phenoxy) is 2. The van der Waals surface area contributed by atoms with Crippen LogP contribution < -0.4 is 10.6 Å². The van der Waals surface area contributed by atoms with Crippen LogP contribution in [0, 0.1) is 40.4 Å². The lowest BCUT2D eigenvalue weighted by atomic mass is 9.50. The molecule has 0 unspecified atom stereocenters. The predicted molar refractivity (Wildman–Crippen MR) is 214 cm³/mol. The molecular weight excluding hydrogens is 745 g/mol. The molecular formula is C44H66N4O10. The Morgan fingerprint density at radius 2 is 1.21 bits per heavy atom. The number of carbonyl (C=O) groups is 6. The van der Waals surface area contributed by atoms with Crippen LogP contribution in [0.15, 0.2) is 24.3 Å². The summed E-state index contributed by atoms with van der Waals surface area (Å²) in [4.78, 5) is 82.6. The highest BCUT2D eigenvalue weighted by Gasteiger charge is 2.59. The number of nitrogens with one attached hydrogen (secondary N) is 2. The highest BCUT2D eigenvalue weighted by atomic mass is 16.5. The summed E-state index contributed by atoms with van der Waals surface area (Å²) in [7, 11) is 2.50. The van der Waals surface area contributed by atoms with E-state index in [0.717, 1.165) is 36.8 Å². The van der Waals surface area contributed by atoms with Crippen LogP contribution in [0.1, 0.15) is 110 Å². The summed E-state index contributed by atoms with van der Waals surface area (Å²) >= 11 is 0. The SMILES string of the molecule is COC(=O)[C@H](C)N1CC(=O)NCc2ccc(cc2)CNC(=O)CN([C@@H](C)C(=O)OC)C(=O)C[C@@H]2C[C@H](O)CC[C@]2(C)[C@H]2CC[C@]3(C)[C@H](CC[C@H]3[C@@H]2O)[C@H](C)CCC1=O. The number of rotatable bonds is 4. The van der Waals surface area contributed by atoms with Gasteiger partial charge in [-0.25, -0.2) is 9.59 Å². The number of amides is 4. The Labute approximate surface area is 343 Å². The molecule has 0 spiro atoms. The maximum atomic E-state index is 14.3. The minimum atomic E-state index is -1.03. The average molecular weight is 811 g/mol. The van der Waals surface area contributed by atoms with Crippen LogP contribution in [0.5, 0.6) is 0 Å². The normalized spacial score (nSPS) is 34.3. The fourth-order valence-electron chi connectivity index (χ4n) is 11.1. The molecule has 3 fully saturated rings. The number of hydrogen-bond donors (Lipinski definition) is 4. The van der Waals surface area contributed by atoms with Gasteiger partial charge >= 0.3 is 11.9 Å². The van der Waals surface area contributed by atoms with Crippen LogP contribution in [0.25, 0.3) is 0 Å². The van der Waals surface area contributed by atoms with Gasteiger partial charge in [0.15, 0.2) is 0 Å².